The second-order valence-electron chi connectivity index (χ2n) is 2.94. The zero-order chi connectivity index (χ0) is 11.3. The molecule has 1 nitrogen and oxygen atoms in total. The second kappa shape index (κ2) is 6.00. The largest absolute Gasteiger partial charge is 0.432 e. The Morgan fingerprint density at radius 2 is 2.07 bits per heavy atom. The van der Waals surface area contributed by atoms with Crippen molar-refractivity contribution < 1.29 is 17.9 Å². The van der Waals surface area contributed by atoms with Gasteiger partial charge in [-0.2, -0.15) is 8.78 Å². The van der Waals surface area contributed by atoms with Crippen molar-refractivity contribution in [3.05, 3.63) is 29.6 Å². The molecule has 0 unspecified atom stereocenters. The van der Waals surface area contributed by atoms with Crippen molar-refractivity contribution >= 4 is 15.9 Å². The Morgan fingerprint density at radius 3 is 2.67 bits per heavy atom. The maximum Gasteiger partial charge on any atom is 0.387 e. The summed E-state index contributed by atoms with van der Waals surface area (Å²) in [5.41, 5.74) is 0.784. The Bertz CT molecular complexity index is 318. The van der Waals surface area contributed by atoms with Gasteiger partial charge in [-0.3, -0.25) is 0 Å². The Balaban J connectivity index is 2.75. The quantitative estimate of drug-likeness (QED) is 0.748. The second-order valence-corrected chi connectivity index (χ2v) is 3.73. The van der Waals surface area contributed by atoms with Crippen molar-refractivity contribution in [1.29, 1.82) is 0 Å². The lowest BCUT2D eigenvalue weighted by Gasteiger charge is -2.07. The Hall–Kier alpha value is -0.710. The fourth-order valence-corrected chi connectivity index (χ4v) is 1.44. The summed E-state index contributed by atoms with van der Waals surface area (Å²) in [4.78, 5) is 0. The number of ether oxygens (including phenoxy) is 1. The van der Waals surface area contributed by atoms with Crippen molar-refractivity contribution in [2.45, 2.75) is 19.5 Å². The van der Waals surface area contributed by atoms with E-state index in [9.17, 15) is 13.2 Å². The van der Waals surface area contributed by atoms with Gasteiger partial charge in [-0.15, -0.1) is 0 Å². The van der Waals surface area contributed by atoms with Gasteiger partial charge in [0, 0.05) is 5.33 Å². The summed E-state index contributed by atoms with van der Waals surface area (Å²) in [6, 6.07) is 4.02. The highest BCUT2D eigenvalue weighted by molar-refractivity contribution is 9.09. The molecule has 1 aromatic carbocycles. The normalized spacial score (nSPS) is 10.7. The van der Waals surface area contributed by atoms with E-state index in [4.69, 9.17) is 0 Å². The molecule has 0 saturated carbocycles. The highest BCUT2D eigenvalue weighted by Gasteiger charge is 2.10. The highest BCUT2D eigenvalue weighted by Crippen LogP contribution is 2.21. The molecule has 0 saturated heterocycles. The predicted molar refractivity (Wildman–Crippen MR) is 55.1 cm³/mol. The topological polar surface area (TPSA) is 9.23 Å². The molecule has 0 amide bonds. The third-order valence-electron chi connectivity index (χ3n) is 1.81. The smallest absolute Gasteiger partial charge is 0.387 e. The summed E-state index contributed by atoms with van der Waals surface area (Å²) < 4.78 is 40.8. The molecular formula is C10H10BrF3O. The zero-order valence-corrected chi connectivity index (χ0v) is 9.44. The van der Waals surface area contributed by atoms with Gasteiger partial charge in [0.1, 0.15) is 0 Å². The molecule has 0 aliphatic heterocycles. The van der Waals surface area contributed by atoms with E-state index in [-0.39, 0.29) is 0 Å². The fourth-order valence-electron chi connectivity index (χ4n) is 1.16. The van der Waals surface area contributed by atoms with Crippen LogP contribution in [-0.2, 0) is 6.42 Å². The van der Waals surface area contributed by atoms with E-state index in [1.165, 1.54) is 6.07 Å². The molecule has 0 radical (unpaired) electrons. The van der Waals surface area contributed by atoms with Gasteiger partial charge in [0.2, 0.25) is 0 Å². The summed E-state index contributed by atoms with van der Waals surface area (Å²) in [5.74, 6) is -1.16. The van der Waals surface area contributed by atoms with Crippen LogP contribution in [-0.4, -0.2) is 11.9 Å². The number of halogens is 4. The van der Waals surface area contributed by atoms with Crippen molar-refractivity contribution in [3.8, 4) is 5.75 Å². The van der Waals surface area contributed by atoms with Gasteiger partial charge in [0.05, 0.1) is 0 Å². The predicted octanol–water partition coefficient (Wildman–Crippen LogP) is 3.75. The first-order valence-electron chi connectivity index (χ1n) is 4.42. The van der Waals surface area contributed by atoms with Gasteiger partial charge in [-0.05, 0) is 30.5 Å². The SMILES string of the molecule is Fc1ccc(CCCBr)cc1OC(F)F. The van der Waals surface area contributed by atoms with Crippen LogP contribution < -0.4 is 4.74 Å². The lowest BCUT2D eigenvalue weighted by atomic mass is 10.1. The average Bonchev–Trinajstić information content (AvgIpc) is 2.18. The van der Waals surface area contributed by atoms with Crippen LogP contribution in [0.25, 0.3) is 0 Å². The zero-order valence-electron chi connectivity index (χ0n) is 7.85. The summed E-state index contributed by atoms with van der Waals surface area (Å²) in [5, 5.41) is 0.815. The average molecular weight is 283 g/mol. The molecule has 0 heterocycles. The maximum absolute atomic E-state index is 13.0. The lowest BCUT2D eigenvalue weighted by Crippen LogP contribution is -2.04. The third-order valence-corrected chi connectivity index (χ3v) is 2.37. The molecule has 0 spiro atoms. The third kappa shape index (κ3) is 4.11. The van der Waals surface area contributed by atoms with Crippen LogP contribution in [0.3, 0.4) is 0 Å². The van der Waals surface area contributed by atoms with Crippen molar-refractivity contribution in [1.82, 2.24) is 0 Å². The van der Waals surface area contributed by atoms with Gasteiger partial charge < -0.3 is 4.74 Å². The molecule has 5 heteroatoms. The molecule has 0 bridgehead atoms. The van der Waals surface area contributed by atoms with Gasteiger partial charge in [-0.25, -0.2) is 4.39 Å². The minimum Gasteiger partial charge on any atom is -0.432 e. The molecule has 0 aliphatic carbocycles. The molecule has 0 N–H and O–H groups in total. The van der Waals surface area contributed by atoms with Gasteiger partial charge in [-0.1, -0.05) is 22.0 Å². The van der Waals surface area contributed by atoms with E-state index in [0.717, 1.165) is 23.4 Å². The minimum atomic E-state index is -2.99. The van der Waals surface area contributed by atoms with E-state index in [1.807, 2.05) is 0 Å². The van der Waals surface area contributed by atoms with E-state index in [0.29, 0.717) is 6.42 Å². The van der Waals surface area contributed by atoms with Crippen LogP contribution in [0, 0.1) is 5.82 Å². The minimum absolute atomic E-state index is 0.392. The number of aryl methyl sites for hydroxylation is 1. The first kappa shape index (κ1) is 12.4. The van der Waals surface area contributed by atoms with Gasteiger partial charge >= 0.3 is 6.61 Å². The summed E-state index contributed by atoms with van der Waals surface area (Å²) in [7, 11) is 0. The van der Waals surface area contributed by atoms with Crippen LogP contribution in [0.2, 0.25) is 0 Å². The van der Waals surface area contributed by atoms with E-state index < -0.39 is 18.2 Å². The van der Waals surface area contributed by atoms with Crippen molar-refractivity contribution in [2.24, 2.45) is 0 Å². The van der Waals surface area contributed by atoms with E-state index in [2.05, 4.69) is 20.7 Å². The van der Waals surface area contributed by atoms with Crippen molar-refractivity contribution in [3.63, 3.8) is 0 Å². The molecular weight excluding hydrogens is 273 g/mol. The standard InChI is InChI=1S/C10H10BrF3O/c11-5-1-2-7-3-4-8(12)9(6-7)15-10(13)14/h3-4,6,10H,1-2,5H2. The number of rotatable bonds is 5. The lowest BCUT2D eigenvalue weighted by molar-refractivity contribution is -0.0522. The fraction of sp³-hybridized carbons (Fsp3) is 0.400. The Morgan fingerprint density at radius 1 is 1.33 bits per heavy atom. The molecule has 0 aliphatic rings. The number of benzene rings is 1. The van der Waals surface area contributed by atoms with Gasteiger partial charge in [0.25, 0.3) is 0 Å². The number of hydrogen-bond acceptors (Lipinski definition) is 1. The molecule has 84 valence electrons. The van der Waals surface area contributed by atoms with Crippen LogP contribution in [0.5, 0.6) is 5.75 Å². The Kier molecular flexibility index (Phi) is 4.94. The highest BCUT2D eigenvalue weighted by atomic mass is 79.9. The monoisotopic (exact) mass is 282 g/mol. The van der Waals surface area contributed by atoms with Crippen LogP contribution in [0.15, 0.2) is 18.2 Å². The molecule has 0 fully saturated rings. The van der Waals surface area contributed by atoms with E-state index >= 15 is 0 Å². The first-order chi connectivity index (χ1) is 7.13. The molecule has 15 heavy (non-hydrogen) atoms. The summed E-state index contributed by atoms with van der Waals surface area (Å²) in [6.07, 6.45) is 1.56. The van der Waals surface area contributed by atoms with Crippen LogP contribution in [0.1, 0.15) is 12.0 Å². The van der Waals surface area contributed by atoms with Gasteiger partial charge in [0.15, 0.2) is 11.6 Å². The van der Waals surface area contributed by atoms with Crippen molar-refractivity contribution in [2.75, 3.05) is 5.33 Å². The molecule has 0 aromatic heterocycles. The number of alkyl halides is 3. The van der Waals surface area contributed by atoms with Crippen LogP contribution >= 0.6 is 15.9 Å². The Labute approximate surface area is 94.4 Å². The summed E-state index contributed by atoms with van der Waals surface area (Å²) in [6.45, 7) is -2.99. The first-order valence-corrected chi connectivity index (χ1v) is 5.55. The van der Waals surface area contributed by atoms with Crippen LogP contribution in [0.4, 0.5) is 13.2 Å². The molecule has 1 rings (SSSR count). The summed E-state index contributed by atoms with van der Waals surface area (Å²) >= 11 is 3.25. The molecule has 1 aromatic rings. The van der Waals surface area contributed by atoms with E-state index in [1.54, 1.807) is 6.07 Å². The maximum atomic E-state index is 13.0. The molecule has 0 atom stereocenters. The number of hydrogen-bond donors (Lipinski definition) is 0.